The molecule has 2 fully saturated rings. The number of hydrogen-bond donors (Lipinski definition) is 0. The Bertz CT molecular complexity index is 254. The molecular formula is C15H27NO. The minimum Gasteiger partial charge on any atom is -0.303 e. The predicted octanol–water partition coefficient (Wildman–Crippen LogP) is 3.11. The summed E-state index contributed by atoms with van der Waals surface area (Å²) in [4.78, 5) is 14.1. The third kappa shape index (κ3) is 3.54. The maximum atomic E-state index is 11.6. The zero-order valence-corrected chi connectivity index (χ0v) is 11.5. The van der Waals surface area contributed by atoms with E-state index in [-0.39, 0.29) is 0 Å². The first-order valence-corrected chi connectivity index (χ1v) is 7.42. The van der Waals surface area contributed by atoms with Crippen molar-refractivity contribution in [2.24, 2.45) is 17.8 Å². The van der Waals surface area contributed by atoms with Crippen LogP contribution in [0.25, 0.3) is 0 Å². The standard InChI is InChI=1S/C15H27NO/c1-12(2)13-6-9-16(10-7-13)11-8-14-4-3-5-15(14)17/h12-14H,3-11H2,1-2H3. The van der Waals surface area contributed by atoms with Crippen LogP contribution in [0.2, 0.25) is 0 Å². The van der Waals surface area contributed by atoms with E-state index in [1.54, 1.807) is 0 Å². The van der Waals surface area contributed by atoms with Gasteiger partial charge >= 0.3 is 0 Å². The second-order valence-electron chi connectivity index (χ2n) is 6.27. The molecule has 0 amide bonds. The number of nitrogens with zero attached hydrogens (tertiary/aromatic N) is 1. The molecule has 2 heteroatoms. The minimum absolute atomic E-state index is 0.401. The van der Waals surface area contributed by atoms with E-state index in [2.05, 4.69) is 18.7 Å². The summed E-state index contributed by atoms with van der Waals surface area (Å²) < 4.78 is 0. The second kappa shape index (κ2) is 5.99. The number of carbonyl (C=O) groups is 1. The van der Waals surface area contributed by atoms with Crippen molar-refractivity contribution in [2.75, 3.05) is 19.6 Å². The summed E-state index contributed by atoms with van der Waals surface area (Å²) in [5.74, 6) is 2.70. The third-order valence-corrected chi connectivity index (χ3v) is 4.80. The number of hydrogen-bond acceptors (Lipinski definition) is 2. The van der Waals surface area contributed by atoms with Gasteiger partial charge in [0.2, 0.25) is 0 Å². The molecule has 1 unspecified atom stereocenters. The molecule has 1 saturated heterocycles. The summed E-state index contributed by atoms with van der Waals surface area (Å²) in [6.07, 6.45) is 6.97. The first kappa shape index (κ1) is 13.1. The maximum Gasteiger partial charge on any atom is 0.136 e. The minimum atomic E-state index is 0.401. The van der Waals surface area contributed by atoms with Gasteiger partial charge in [0, 0.05) is 12.3 Å². The normalized spacial score (nSPS) is 28.2. The summed E-state index contributed by atoms with van der Waals surface area (Å²) >= 11 is 0. The lowest BCUT2D eigenvalue weighted by Gasteiger charge is -2.34. The molecule has 1 aliphatic carbocycles. The lowest BCUT2D eigenvalue weighted by molar-refractivity contribution is -0.120. The highest BCUT2D eigenvalue weighted by Gasteiger charge is 2.26. The zero-order valence-electron chi connectivity index (χ0n) is 11.5. The molecule has 0 aromatic heterocycles. The number of carbonyl (C=O) groups excluding carboxylic acids is 1. The van der Waals surface area contributed by atoms with Gasteiger partial charge in [0.15, 0.2) is 0 Å². The van der Waals surface area contributed by atoms with E-state index >= 15 is 0 Å². The monoisotopic (exact) mass is 237 g/mol. The Morgan fingerprint density at radius 3 is 2.47 bits per heavy atom. The Labute approximate surface area is 106 Å². The van der Waals surface area contributed by atoms with E-state index in [0.717, 1.165) is 44.1 Å². The smallest absolute Gasteiger partial charge is 0.136 e. The van der Waals surface area contributed by atoms with Crippen molar-refractivity contribution >= 4 is 5.78 Å². The average Bonchev–Trinajstić information content (AvgIpc) is 2.73. The maximum absolute atomic E-state index is 11.6. The molecule has 1 aliphatic heterocycles. The SMILES string of the molecule is CC(C)C1CCN(CCC2CCCC2=O)CC1. The van der Waals surface area contributed by atoms with Crippen LogP contribution in [0.5, 0.6) is 0 Å². The Kier molecular flexibility index (Phi) is 4.61. The second-order valence-corrected chi connectivity index (χ2v) is 6.27. The molecular weight excluding hydrogens is 210 g/mol. The predicted molar refractivity (Wildman–Crippen MR) is 71.0 cm³/mol. The van der Waals surface area contributed by atoms with Crippen molar-refractivity contribution in [3.8, 4) is 0 Å². The third-order valence-electron chi connectivity index (χ3n) is 4.80. The molecule has 17 heavy (non-hydrogen) atoms. The molecule has 0 spiro atoms. The number of Topliss-reactive ketones (excluding diaryl/α,β-unsaturated/α-hetero) is 1. The van der Waals surface area contributed by atoms with E-state index < -0.39 is 0 Å². The summed E-state index contributed by atoms with van der Waals surface area (Å²) in [7, 11) is 0. The number of ketones is 1. The summed E-state index contributed by atoms with van der Waals surface area (Å²) in [6.45, 7) is 8.35. The Morgan fingerprint density at radius 2 is 1.94 bits per heavy atom. The van der Waals surface area contributed by atoms with Gasteiger partial charge in [-0.1, -0.05) is 13.8 Å². The Morgan fingerprint density at radius 1 is 1.24 bits per heavy atom. The van der Waals surface area contributed by atoms with Crippen LogP contribution in [0.4, 0.5) is 0 Å². The highest BCUT2D eigenvalue weighted by Crippen LogP contribution is 2.27. The lowest BCUT2D eigenvalue weighted by atomic mass is 9.86. The first-order valence-electron chi connectivity index (χ1n) is 7.42. The van der Waals surface area contributed by atoms with Crippen molar-refractivity contribution in [1.29, 1.82) is 0 Å². The fourth-order valence-corrected chi connectivity index (χ4v) is 3.37. The van der Waals surface area contributed by atoms with E-state index in [1.165, 1.54) is 25.9 Å². The molecule has 2 aliphatic rings. The largest absolute Gasteiger partial charge is 0.303 e. The van der Waals surface area contributed by atoms with Gasteiger partial charge < -0.3 is 4.90 Å². The van der Waals surface area contributed by atoms with E-state index in [1.807, 2.05) is 0 Å². The van der Waals surface area contributed by atoms with E-state index in [4.69, 9.17) is 0 Å². The molecule has 0 bridgehead atoms. The van der Waals surface area contributed by atoms with Crippen molar-refractivity contribution in [3.05, 3.63) is 0 Å². The van der Waals surface area contributed by atoms with Gasteiger partial charge in [0.25, 0.3) is 0 Å². The molecule has 1 atom stereocenters. The van der Waals surface area contributed by atoms with Crippen LogP contribution < -0.4 is 0 Å². The van der Waals surface area contributed by atoms with Gasteiger partial charge in [0.1, 0.15) is 5.78 Å². The van der Waals surface area contributed by atoms with Gasteiger partial charge in [-0.05, 0) is 63.6 Å². The lowest BCUT2D eigenvalue weighted by Crippen LogP contribution is -2.36. The molecule has 0 aromatic carbocycles. The highest BCUT2D eigenvalue weighted by atomic mass is 16.1. The van der Waals surface area contributed by atoms with Crippen molar-refractivity contribution in [1.82, 2.24) is 4.90 Å². The number of likely N-dealkylation sites (tertiary alicyclic amines) is 1. The van der Waals surface area contributed by atoms with Crippen LogP contribution in [0.3, 0.4) is 0 Å². The number of piperidine rings is 1. The zero-order chi connectivity index (χ0) is 12.3. The molecule has 0 N–H and O–H groups in total. The van der Waals surface area contributed by atoms with Gasteiger partial charge in [-0.15, -0.1) is 0 Å². The van der Waals surface area contributed by atoms with Gasteiger partial charge in [-0.2, -0.15) is 0 Å². The van der Waals surface area contributed by atoms with Crippen LogP contribution in [0.1, 0.15) is 52.4 Å². The van der Waals surface area contributed by atoms with Crippen LogP contribution in [-0.4, -0.2) is 30.3 Å². The molecule has 2 rings (SSSR count). The summed E-state index contributed by atoms with van der Waals surface area (Å²) in [5, 5.41) is 0. The van der Waals surface area contributed by atoms with E-state index in [9.17, 15) is 4.79 Å². The van der Waals surface area contributed by atoms with Gasteiger partial charge in [0.05, 0.1) is 0 Å². The van der Waals surface area contributed by atoms with Crippen molar-refractivity contribution < 1.29 is 4.79 Å². The summed E-state index contributed by atoms with van der Waals surface area (Å²) in [6, 6.07) is 0. The number of rotatable bonds is 4. The van der Waals surface area contributed by atoms with Gasteiger partial charge in [-0.3, -0.25) is 4.79 Å². The highest BCUT2D eigenvalue weighted by molar-refractivity contribution is 5.82. The topological polar surface area (TPSA) is 20.3 Å². The van der Waals surface area contributed by atoms with Crippen molar-refractivity contribution in [3.63, 3.8) is 0 Å². The fraction of sp³-hybridized carbons (Fsp3) is 0.933. The molecule has 2 nitrogen and oxygen atoms in total. The average molecular weight is 237 g/mol. The molecule has 1 saturated carbocycles. The van der Waals surface area contributed by atoms with E-state index in [0.29, 0.717) is 11.7 Å². The van der Waals surface area contributed by atoms with Crippen molar-refractivity contribution in [2.45, 2.75) is 52.4 Å². The van der Waals surface area contributed by atoms with Crippen LogP contribution in [0.15, 0.2) is 0 Å². The first-order chi connectivity index (χ1) is 8.16. The van der Waals surface area contributed by atoms with Crippen LogP contribution in [0, 0.1) is 17.8 Å². The summed E-state index contributed by atoms with van der Waals surface area (Å²) in [5.41, 5.74) is 0. The van der Waals surface area contributed by atoms with Crippen LogP contribution >= 0.6 is 0 Å². The quantitative estimate of drug-likeness (QED) is 0.749. The molecule has 0 aromatic rings. The Hall–Kier alpha value is -0.370. The molecule has 1 heterocycles. The van der Waals surface area contributed by atoms with Crippen LogP contribution in [-0.2, 0) is 4.79 Å². The molecule has 0 radical (unpaired) electrons. The molecule has 98 valence electrons. The van der Waals surface area contributed by atoms with Gasteiger partial charge in [-0.25, -0.2) is 0 Å². The Balaban J connectivity index is 1.66. The fourth-order valence-electron chi connectivity index (χ4n) is 3.37.